The molecule has 0 aliphatic heterocycles. The lowest BCUT2D eigenvalue weighted by Gasteiger charge is -2.11. The second-order valence-electron chi connectivity index (χ2n) is 4.02. The number of benzene rings is 1. The van der Waals surface area contributed by atoms with Crippen LogP contribution in [0.5, 0.6) is 0 Å². The molecule has 2 rings (SSSR count). The summed E-state index contributed by atoms with van der Waals surface area (Å²) in [6, 6.07) is 3.01. The molecule has 0 aliphatic rings. The Hall–Kier alpha value is -1.76. The third kappa shape index (κ3) is 2.97. The number of rotatable bonds is 2. The van der Waals surface area contributed by atoms with E-state index in [9.17, 15) is 4.79 Å². The number of hydrogen-bond acceptors (Lipinski definition) is 5. The first kappa shape index (κ1) is 15.6. The second kappa shape index (κ2) is 5.93. The molecule has 0 saturated heterocycles. The van der Waals surface area contributed by atoms with Gasteiger partial charge in [-0.3, -0.25) is 4.79 Å². The summed E-state index contributed by atoms with van der Waals surface area (Å²) < 4.78 is 0. The van der Waals surface area contributed by atoms with Crippen molar-refractivity contribution in [3.8, 4) is 11.3 Å². The second-order valence-corrected chi connectivity index (χ2v) is 5.24. The fourth-order valence-electron chi connectivity index (χ4n) is 1.67. The van der Waals surface area contributed by atoms with Gasteiger partial charge in [0.15, 0.2) is 17.3 Å². The third-order valence-electron chi connectivity index (χ3n) is 2.64. The molecule has 9 heteroatoms. The van der Waals surface area contributed by atoms with Crippen molar-refractivity contribution in [1.82, 2.24) is 15.3 Å². The van der Waals surface area contributed by atoms with Crippen LogP contribution in [-0.2, 0) is 0 Å². The van der Waals surface area contributed by atoms with Crippen molar-refractivity contribution in [2.24, 2.45) is 0 Å². The fourth-order valence-corrected chi connectivity index (χ4v) is 2.37. The lowest BCUT2D eigenvalue weighted by Crippen LogP contribution is -2.22. The number of nitrogens with one attached hydrogen (secondary N) is 1. The number of nitrogens with zero attached hydrogens (tertiary/aromatic N) is 2. The van der Waals surface area contributed by atoms with Crippen LogP contribution in [0.1, 0.15) is 10.5 Å². The number of amides is 1. The van der Waals surface area contributed by atoms with E-state index in [0.717, 1.165) is 0 Å². The molecule has 0 fully saturated rings. The lowest BCUT2D eigenvalue weighted by molar-refractivity contribution is 0.0959. The maximum atomic E-state index is 11.7. The first-order valence-electron chi connectivity index (χ1n) is 5.65. The molecule has 2 aromatic rings. The van der Waals surface area contributed by atoms with Gasteiger partial charge in [-0.2, -0.15) is 0 Å². The lowest BCUT2D eigenvalue weighted by atomic mass is 10.1. The average Bonchev–Trinajstić information content (AvgIpc) is 2.42. The number of nitrogens with two attached hydrogens (primary N) is 2. The predicted molar refractivity (Wildman–Crippen MR) is 84.7 cm³/mol. The summed E-state index contributed by atoms with van der Waals surface area (Å²) in [7, 11) is 1.45. The highest BCUT2D eigenvalue weighted by atomic mass is 35.5. The number of nitrogen functional groups attached to an aromatic ring is 2. The van der Waals surface area contributed by atoms with Crippen molar-refractivity contribution in [3.63, 3.8) is 0 Å². The topological polar surface area (TPSA) is 107 Å². The van der Waals surface area contributed by atoms with Gasteiger partial charge >= 0.3 is 0 Å². The summed E-state index contributed by atoms with van der Waals surface area (Å²) in [5, 5.41) is 3.19. The third-order valence-corrected chi connectivity index (χ3v) is 3.66. The van der Waals surface area contributed by atoms with E-state index >= 15 is 0 Å². The monoisotopic (exact) mass is 345 g/mol. The summed E-state index contributed by atoms with van der Waals surface area (Å²) >= 11 is 18.1. The standard InChI is InChI=1S/C12H10Cl3N5O/c1-18-12(21)9-11(17)20-10(16)8(19-9)5-2-4(13)3-6(14)7(5)15/h2-3H,1H3,(H,18,21)(H4,16,17,20). The van der Waals surface area contributed by atoms with Gasteiger partial charge in [-0.05, 0) is 12.1 Å². The minimum Gasteiger partial charge on any atom is -0.382 e. The number of aromatic nitrogens is 2. The van der Waals surface area contributed by atoms with E-state index < -0.39 is 5.91 Å². The Labute approximate surface area is 135 Å². The van der Waals surface area contributed by atoms with Crippen LogP contribution in [0.3, 0.4) is 0 Å². The van der Waals surface area contributed by atoms with Crippen molar-refractivity contribution >= 4 is 52.3 Å². The van der Waals surface area contributed by atoms with E-state index in [4.69, 9.17) is 46.3 Å². The highest BCUT2D eigenvalue weighted by molar-refractivity contribution is 6.45. The Morgan fingerprint density at radius 1 is 1.14 bits per heavy atom. The Morgan fingerprint density at radius 2 is 1.81 bits per heavy atom. The van der Waals surface area contributed by atoms with E-state index in [1.54, 1.807) is 0 Å². The molecule has 1 heterocycles. The van der Waals surface area contributed by atoms with E-state index in [-0.39, 0.29) is 33.1 Å². The molecule has 0 radical (unpaired) electrons. The molecule has 0 spiro atoms. The van der Waals surface area contributed by atoms with Gasteiger partial charge < -0.3 is 16.8 Å². The van der Waals surface area contributed by atoms with Crippen LogP contribution < -0.4 is 16.8 Å². The van der Waals surface area contributed by atoms with Crippen LogP contribution in [0.25, 0.3) is 11.3 Å². The van der Waals surface area contributed by atoms with Gasteiger partial charge in [0, 0.05) is 17.6 Å². The summed E-state index contributed by atoms with van der Waals surface area (Å²) in [4.78, 5) is 19.8. The molecular formula is C12H10Cl3N5O. The molecular weight excluding hydrogens is 337 g/mol. The van der Waals surface area contributed by atoms with Crippen LogP contribution >= 0.6 is 34.8 Å². The Balaban J connectivity index is 2.72. The zero-order valence-corrected chi connectivity index (χ0v) is 13.0. The molecule has 21 heavy (non-hydrogen) atoms. The van der Waals surface area contributed by atoms with Gasteiger partial charge in [-0.1, -0.05) is 34.8 Å². The molecule has 110 valence electrons. The van der Waals surface area contributed by atoms with Gasteiger partial charge in [0.05, 0.1) is 10.0 Å². The molecule has 6 nitrogen and oxygen atoms in total. The van der Waals surface area contributed by atoms with Crippen LogP contribution in [0.2, 0.25) is 15.1 Å². The maximum absolute atomic E-state index is 11.7. The Morgan fingerprint density at radius 3 is 2.43 bits per heavy atom. The molecule has 0 bridgehead atoms. The van der Waals surface area contributed by atoms with E-state index in [2.05, 4.69) is 15.3 Å². The van der Waals surface area contributed by atoms with Gasteiger partial charge in [-0.25, -0.2) is 9.97 Å². The molecule has 0 atom stereocenters. The maximum Gasteiger partial charge on any atom is 0.273 e. The van der Waals surface area contributed by atoms with Gasteiger partial charge in [0.1, 0.15) is 5.69 Å². The minimum atomic E-state index is -0.495. The van der Waals surface area contributed by atoms with E-state index in [1.807, 2.05) is 0 Å². The number of halogens is 3. The van der Waals surface area contributed by atoms with Crippen LogP contribution in [0.4, 0.5) is 11.6 Å². The quantitative estimate of drug-likeness (QED) is 0.725. The Kier molecular flexibility index (Phi) is 4.41. The summed E-state index contributed by atoms with van der Waals surface area (Å²) in [6.45, 7) is 0. The molecule has 1 aromatic carbocycles. The molecule has 5 N–H and O–H groups in total. The summed E-state index contributed by atoms with van der Waals surface area (Å²) in [5.41, 5.74) is 11.9. The summed E-state index contributed by atoms with van der Waals surface area (Å²) in [5.74, 6) is -0.564. The summed E-state index contributed by atoms with van der Waals surface area (Å²) in [6.07, 6.45) is 0. The average molecular weight is 347 g/mol. The Bertz CT molecular complexity index is 735. The minimum absolute atomic E-state index is 0.0142. The van der Waals surface area contributed by atoms with Gasteiger partial charge in [0.2, 0.25) is 0 Å². The number of carbonyl (C=O) groups excluding carboxylic acids is 1. The first-order chi connectivity index (χ1) is 9.85. The number of hydrogen-bond donors (Lipinski definition) is 3. The van der Waals surface area contributed by atoms with Crippen molar-refractivity contribution in [2.75, 3.05) is 18.5 Å². The number of anilines is 2. The zero-order chi connectivity index (χ0) is 15.7. The predicted octanol–water partition coefficient (Wildman–Crippen LogP) is 2.63. The highest BCUT2D eigenvalue weighted by Crippen LogP contribution is 2.37. The molecule has 0 unspecified atom stereocenters. The molecule has 1 aromatic heterocycles. The SMILES string of the molecule is CNC(=O)c1nc(-c2cc(Cl)cc(Cl)c2Cl)c(N)nc1N. The van der Waals surface area contributed by atoms with Crippen LogP contribution in [0.15, 0.2) is 12.1 Å². The van der Waals surface area contributed by atoms with Crippen molar-refractivity contribution in [1.29, 1.82) is 0 Å². The van der Waals surface area contributed by atoms with Crippen molar-refractivity contribution < 1.29 is 4.79 Å². The van der Waals surface area contributed by atoms with E-state index in [1.165, 1.54) is 19.2 Å². The highest BCUT2D eigenvalue weighted by Gasteiger charge is 2.19. The molecule has 1 amide bonds. The van der Waals surface area contributed by atoms with Crippen LogP contribution in [0, 0.1) is 0 Å². The number of carbonyl (C=O) groups is 1. The molecule has 0 aliphatic carbocycles. The van der Waals surface area contributed by atoms with E-state index in [0.29, 0.717) is 10.6 Å². The first-order valence-corrected chi connectivity index (χ1v) is 6.78. The van der Waals surface area contributed by atoms with Crippen molar-refractivity contribution in [3.05, 3.63) is 32.9 Å². The van der Waals surface area contributed by atoms with Crippen LogP contribution in [-0.4, -0.2) is 22.9 Å². The largest absolute Gasteiger partial charge is 0.382 e. The normalized spacial score (nSPS) is 10.5. The van der Waals surface area contributed by atoms with Crippen molar-refractivity contribution in [2.45, 2.75) is 0 Å². The smallest absolute Gasteiger partial charge is 0.273 e. The zero-order valence-electron chi connectivity index (χ0n) is 10.7. The fraction of sp³-hybridized carbons (Fsp3) is 0.0833. The van der Waals surface area contributed by atoms with Gasteiger partial charge in [-0.15, -0.1) is 0 Å². The van der Waals surface area contributed by atoms with Gasteiger partial charge in [0.25, 0.3) is 5.91 Å². The molecule has 0 saturated carbocycles.